The van der Waals surface area contributed by atoms with E-state index in [1.807, 2.05) is 0 Å². The van der Waals surface area contributed by atoms with E-state index in [1.54, 1.807) is 25.4 Å². The molecule has 1 N–H and O–H groups in total. The Morgan fingerprint density at radius 1 is 1.42 bits per heavy atom. The van der Waals surface area contributed by atoms with Crippen molar-refractivity contribution in [3.63, 3.8) is 0 Å². The minimum absolute atomic E-state index is 0.102. The second-order valence-corrected chi connectivity index (χ2v) is 5.98. The largest absolute Gasteiger partial charge is 0.383 e. The molecule has 2 aromatic rings. The standard InChI is InChI=1S/C18H21FN2O3/c1-23-11-16(12-6-9-24-10-7-12)21-18(22)14-4-5-15(19)13-3-2-8-20-17(13)14/h2-5,8,12,16H,6-7,9-11H2,1H3,(H,21,22). The predicted octanol–water partition coefficient (Wildman–Crippen LogP) is 2.55. The van der Waals surface area contributed by atoms with Gasteiger partial charge in [-0.1, -0.05) is 0 Å². The number of halogens is 1. The lowest BCUT2D eigenvalue weighted by Crippen LogP contribution is -2.45. The van der Waals surface area contributed by atoms with Crippen LogP contribution in [0, 0.1) is 11.7 Å². The second-order valence-electron chi connectivity index (χ2n) is 5.98. The molecule has 1 atom stereocenters. The Hall–Kier alpha value is -2.05. The van der Waals surface area contributed by atoms with Crippen LogP contribution in [0.1, 0.15) is 23.2 Å². The maximum atomic E-state index is 13.9. The maximum Gasteiger partial charge on any atom is 0.253 e. The molecule has 0 saturated carbocycles. The molecule has 1 aromatic heterocycles. The van der Waals surface area contributed by atoms with Gasteiger partial charge in [0.15, 0.2) is 0 Å². The number of carbonyl (C=O) groups excluding carboxylic acids is 1. The van der Waals surface area contributed by atoms with Gasteiger partial charge < -0.3 is 14.8 Å². The number of rotatable bonds is 5. The first-order valence-corrected chi connectivity index (χ1v) is 8.11. The summed E-state index contributed by atoms with van der Waals surface area (Å²) in [5, 5.41) is 3.38. The van der Waals surface area contributed by atoms with Crippen LogP contribution < -0.4 is 5.32 Å². The van der Waals surface area contributed by atoms with E-state index in [9.17, 15) is 9.18 Å². The molecule has 128 valence electrons. The molecule has 5 nitrogen and oxygen atoms in total. The van der Waals surface area contributed by atoms with Crippen molar-refractivity contribution >= 4 is 16.8 Å². The van der Waals surface area contributed by atoms with Crippen LogP contribution in [-0.2, 0) is 9.47 Å². The zero-order chi connectivity index (χ0) is 16.9. The normalized spacial score (nSPS) is 16.9. The van der Waals surface area contributed by atoms with E-state index in [4.69, 9.17) is 9.47 Å². The van der Waals surface area contributed by atoms with Gasteiger partial charge >= 0.3 is 0 Å². The molecule has 24 heavy (non-hydrogen) atoms. The smallest absolute Gasteiger partial charge is 0.253 e. The predicted molar refractivity (Wildman–Crippen MR) is 88.4 cm³/mol. The van der Waals surface area contributed by atoms with Gasteiger partial charge in [0.1, 0.15) is 5.82 Å². The summed E-state index contributed by atoms with van der Waals surface area (Å²) in [5.74, 6) is -0.331. The summed E-state index contributed by atoms with van der Waals surface area (Å²) in [5.41, 5.74) is 0.748. The molecule has 1 aliphatic heterocycles. The molecule has 0 spiro atoms. The molecular formula is C18H21FN2O3. The number of carbonyl (C=O) groups is 1. The lowest BCUT2D eigenvalue weighted by Gasteiger charge is -2.30. The van der Waals surface area contributed by atoms with Crippen LogP contribution in [0.2, 0.25) is 0 Å². The lowest BCUT2D eigenvalue weighted by molar-refractivity contribution is 0.0361. The summed E-state index contributed by atoms with van der Waals surface area (Å²) in [6.45, 7) is 1.83. The number of pyridine rings is 1. The van der Waals surface area contributed by atoms with Gasteiger partial charge in [-0.2, -0.15) is 0 Å². The third-order valence-electron chi connectivity index (χ3n) is 4.46. The van der Waals surface area contributed by atoms with Crippen molar-refractivity contribution in [2.24, 2.45) is 5.92 Å². The van der Waals surface area contributed by atoms with Gasteiger partial charge in [0.05, 0.1) is 23.7 Å². The lowest BCUT2D eigenvalue weighted by atomic mass is 9.92. The van der Waals surface area contributed by atoms with Gasteiger partial charge in [-0.05, 0) is 43.0 Å². The number of aromatic nitrogens is 1. The third-order valence-corrected chi connectivity index (χ3v) is 4.46. The highest BCUT2D eigenvalue weighted by molar-refractivity contribution is 6.05. The van der Waals surface area contributed by atoms with Crippen LogP contribution in [0.3, 0.4) is 0 Å². The minimum atomic E-state index is -0.382. The molecule has 3 rings (SSSR count). The van der Waals surface area contributed by atoms with Crippen LogP contribution in [-0.4, -0.2) is 43.9 Å². The van der Waals surface area contributed by atoms with Crippen molar-refractivity contribution in [3.05, 3.63) is 41.8 Å². The van der Waals surface area contributed by atoms with Crippen molar-refractivity contribution in [2.45, 2.75) is 18.9 Å². The average molecular weight is 332 g/mol. The number of hydrogen-bond donors (Lipinski definition) is 1. The molecule has 6 heteroatoms. The highest BCUT2D eigenvalue weighted by atomic mass is 19.1. The van der Waals surface area contributed by atoms with Crippen molar-refractivity contribution in [1.82, 2.24) is 10.3 Å². The first-order valence-electron chi connectivity index (χ1n) is 8.11. The molecule has 1 fully saturated rings. The van der Waals surface area contributed by atoms with E-state index in [-0.39, 0.29) is 17.8 Å². The summed E-state index contributed by atoms with van der Waals surface area (Å²) in [4.78, 5) is 16.9. The van der Waals surface area contributed by atoms with E-state index in [0.717, 1.165) is 12.8 Å². The fourth-order valence-corrected chi connectivity index (χ4v) is 3.16. The van der Waals surface area contributed by atoms with Gasteiger partial charge in [0.2, 0.25) is 0 Å². The topological polar surface area (TPSA) is 60.5 Å². The van der Waals surface area contributed by atoms with Crippen molar-refractivity contribution in [1.29, 1.82) is 0 Å². The summed E-state index contributed by atoms with van der Waals surface area (Å²) in [6.07, 6.45) is 3.33. The Balaban J connectivity index is 1.84. The Morgan fingerprint density at radius 3 is 2.96 bits per heavy atom. The van der Waals surface area contributed by atoms with E-state index in [2.05, 4.69) is 10.3 Å². The number of nitrogens with one attached hydrogen (secondary N) is 1. The van der Waals surface area contributed by atoms with E-state index >= 15 is 0 Å². The quantitative estimate of drug-likeness (QED) is 0.914. The molecule has 2 heterocycles. The zero-order valence-corrected chi connectivity index (χ0v) is 13.6. The molecule has 1 amide bonds. The third kappa shape index (κ3) is 3.55. The maximum absolute atomic E-state index is 13.9. The summed E-state index contributed by atoms with van der Waals surface area (Å²) >= 11 is 0. The first kappa shape index (κ1) is 16.8. The van der Waals surface area contributed by atoms with Crippen LogP contribution >= 0.6 is 0 Å². The number of fused-ring (bicyclic) bond motifs is 1. The summed E-state index contributed by atoms with van der Waals surface area (Å²) in [7, 11) is 1.62. The van der Waals surface area contributed by atoms with Gasteiger partial charge in [-0.15, -0.1) is 0 Å². The van der Waals surface area contributed by atoms with Gasteiger partial charge in [-0.3, -0.25) is 9.78 Å². The minimum Gasteiger partial charge on any atom is -0.383 e. The zero-order valence-electron chi connectivity index (χ0n) is 13.6. The molecule has 0 bridgehead atoms. The Morgan fingerprint density at radius 2 is 2.21 bits per heavy atom. The van der Waals surface area contributed by atoms with Gasteiger partial charge in [0, 0.05) is 31.9 Å². The monoisotopic (exact) mass is 332 g/mol. The fourth-order valence-electron chi connectivity index (χ4n) is 3.16. The Labute approximate surface area is 140 Å². The highest BCUT2D eigenvalue weighted by Gasteiger charge is 2.26. The molecular weight excluding hydrogens is 311 g/mol. The molecule has 1 unspecified atom stereocenters. The van der Waals surface area contributed by atoms with Crippen molar-refractivity contribution in [2.75, 3.05) is 26.9 Å². The molecule has 0 aliphatic carbocycles. The van der Waals surface area contributed by atoms with E-state index in [1.165, 1.54) is 12.1 Å². The van der Waals surface area contributed by atoms with Crippen LogP contribution in [0.25, 0.3) is 10.9 Å². The summed E-state index contributed by atoms with van der Waals surface area (Å²) in [6, 6.07) is 5.96. The van der Waals surface area contributed by atoms with Gasteiger partial charge in [0.25, 0.3) is 5.91 Å². The van der Waals surface area contributed by atoms with Gasteiger partial charge in [-0.25, -0.2) is 4.39 Å². The first-order chi connectivity index (χ1) is 11.7. The number of hydrogen-bond acceptors (Lipinski definition) is 4. The van der Waals surface area contributed by atoms with Crippen LogP contribution in [0.5, 0.6) is 0 Å². The molecule has 0 radical (unpaired) electrons. The molecule has 1 saturated heterocycles. The fraction of sp³-hybridized carbons (Fsp3) is 0.444. The SMILES string of the molecule is COCC(NC(=O)c1ccc(F)c2cccnc12)C1CCOCC1. The number of methoxy groups -OCH3 is 1. The molecule has 1 aromatic carbocycles. The Kier molecular flexibility index (Phi) is 5.37. The number of nitrogens with zero attached hydrogens (tertiary/aromatic N) is 1. The van der Waals surface area contributed by atoms with Crippen LogP contribution in [0.4, 0.5) is 4.39 Å². The van der Waals surface area contributed by atoms with Crippen LogP contribution in [0.15, 0.2) is 30.5 Å². The average Bonchev–Trinajstić information content (AvgIpc) is 2.62. The van der Waals surface area contributed by atoms with E-state index in [0.29, 0.717) is 42.2 Å². The highest BCUT2D eigenvalue weighted by Crippen LogP contribution is 2.22. The second kappa shape index (κ2) is 7.68. The number of amides is 1. The summed E-state index contributed by atoms with van der Waals surface area (Å²) < 4.78 is 24.6. The number of ether oxygens (including phenoxy) is 2. The molecule has 1 aliphatic rings. The van der Waals surface area contributed by atoms with E-state index < -0.39 is 0 Å². The van der Waals surface area contributed by atoms with Crippen molar-refractivity contribution in [3.8, 4) is 0 Å². The van der Waals surface area contributed by atoms with Crippen molar-refractivity contribution < 1.29 is 18.7 Å². The Bertz CT molecular complexity index is 716. The number of benzene rings is 1.